The number of hydrogen-bond donors (Lipinski definition) is 0. The molecule has 1 heterocycles. The van der Waals surface area contributed by atoms with E-state index in [4.69, 9.17) is 23.2 Å². The molecular formula is C19H10Cl2N2OS. The van der Waals surface area contributed by atoms with E-state index in [1.807, 2.05) is 24.3 Å². The van der Waals surface area contributed by atoms with Crippen molar-refractivity contribution in [1.29, 1.82) is 5.26 Å². The maximum Gasteiger partial charge on any atom is 0.284 e. The molecule has 3 rings (SSSR count). The van der Waals surface area contributed by atoms with Gasteiger partial charge in [0.2, 0.25) is 0 Å². The fraction of sp³-hybridized carbons (Fsp3) is 0. The van der Waals surface area contributed by atoms with Crippen LogP contribution >= 0.6 is 35.0 Å². The van der Waals surface area contributed by atoms with Gasteiger partial charge >= 0.3 is 0 Å². The lowest BCUT2D eigenvalue weighted by atomic mass is 10.1. The highest BCUT2D eigenvalue weighted by atomic mass is 35.5. The molecule has 1 amide bonds. The van der Waals surface area contributed by atoms with Crippen molar-refractivity contribution in [2.24, 2.45) is 4.99 Å². The first-order valence-corrected chi connectivity index (χ1v) is 8.79. The minimum absolute atomic E-state index is 0.308. The predicted octanol–water partition coefficient (Wildman–Crippen LogP) is 5.61. The average Bonchev–Trinajstić information content (AvgIpc) is 2.95. The van der Waals surface area contributed by atoms with Crippen molar-refractivity contribution in [2.45, 2.75) is 0 Å². The van der Waals surface area contributed by atoms with E-state index in [1.165, 1.54) is 0 Å². The van der Waals surface area contributed by atoms with Crippen LogP contribution in [0.2, 0.25) is 10.0 Å². The Kier molecular flexibility index (Phi) is 5.40. The first-order valence-electron chi connectivity index (χ1n) is 7.21. The summed E-state index contributed by atoms with van der Waals surface area (Å²) < 4.78 is 0. The largest absolute Gasteiger partial charge is 0.284 e. The van der Waals surface area contributed by atoms with Gasteiger partial charge in [-0.05, 0) is 41.5 Å². The second-order valence-electron chi connectivity index (χ2n) is 5.08. The molecule has 6 heteroatoms. The van der Waals surface area contributed by atoms with Crippen LogP contribution in [0.4, 0.5) is 0 Å². The van der Waals surface area contributed by atoms with E-state index in [1.54, 1.807) is 36.4 Å². The molecule has 0 saturated heterocycles. The van der Waals surface area contributed by atoms with Gasteiger partial charge in [-0.15, -0.1) is 0 Å². The molecule has 0 fully saturated rings. The van der Waals surface area contributed by atoms with Crippen molar-refractivity contribution in [3.63, 3.8) is 0 Å². The molecular weight excluding hydrogens is 375 g/mol. The zero-order valence-corrected chi connectivity index (χ0v) is 15.1. The number of nitriles is 1. The monoisotopic (exact) mass is 384 g/mol. The molecule has 0 unspecified atom stereocenters. The van der Waals surface area contributed by atoms with Gasteiger partial charge in [0.15, 0.2) is 0 Å². The third-order valence-electron chi connectivity index (χ3n) is 3.32. The summed E-state index contributed by atoms with van der Waals surface area (Å²) in [6, 6.07) is 16.4. The van der Waals surface area contributed by atoms with Gasteiger partial charge in [-0.1, -0.05) is 65.3 Å². The zero-order valence-electron chi connectivity index (χ0n) is 12.7. The SMILES string of the molecule is N#CC(=Cc1cccc(Cl)c1)C1=NC(=O)C(=Cc2ccccc2Cl)S1. The van der Waals surface area contributed by atoms with Gasteiger partial charge in [0.05, 0.1) is 10.5 Å². The van der Waals surface area contributed by atoms with Crippen molar-refractivity contribution in [3.05, 3.63) is 80.2 Å². The van der Waals surface area contributed by atoms with Crippen molar-refractivity contribution < 1.29 is 4.79 Å². The lowest BCUT2D eigenvalue weighted by molar-refractivity contribution is -0.113. The third kappa shape index (κ3) is 4.21. The van der Waals surface area contributed by atoms with E-state index in [0.717, 1.165) is 22.9 Å². The van der Waals surface area contributed by atoms with Gasteiger partial charge in [-0.25, -0.2) is 4.99 Å². The number of carbonyl (C=O) groups excluding carboxylic acids is 1. The minimum atomic E-state index is -0.382. The molecule has 0 atom stereocenters. The Morgan fingerprint density at radius 2 is 1.96 bits per heavy atom. The molecule has 0 spiro atoms. The average molecular weight is 385 g/mol. The number of hydrogen-bond acceptors (Lipinski definition) is 3. The van der Waals surface area contributed by atoms with E-state index >= 15 is 0 Å². The van der Waals surface area contributed by atoms with Crippen LogP contribution in [0.25, 0.3) is 12.2 Å². The number of thioether (sulfide) groups is 1. The second-order valence-corrected chi connectivity index (χ2v) is 6.95. The number of nitrogens with zero attached hydrogens (tertiary/aromatic N) is 2. The lowest BCUT2D eigenvalue weighted by Crippen LogP contribution is -1.92. The standard InChI is InChI=1S/C19H10Cl2N2OS/c20-15-6-3-4-12(9-15)8-14(11-22)19-23-18(24)17(25-19)10-13-5-1-2-7-16(13)21/h1-10H. The molecule has 122 valence electrons. The topological polar surface area (TPSA) is 53.2 Å². The Bertz CT molecular complexity index is 987. The zero-order chi connectivity index (χ0) is 17.8. The number of halogens is 2. The number of benzene rings is 2. The van der Waals surface area contributed by atoms with E-state index in [2.05, 4.69) is 11.1 Å². The maximum absolute atomic E-state index is 12.1. The summed E-state index contributed by atoms with van der Waals surface area (Å²) in [4.78, 5) is 16.6. The van der Waals surface area contributed by atoms with Crippen molar-refractivity contribution in [2.75, 3.05) is 0 Å². The predicted molar refractivity (Wildman–Crippen MR) is 105 cm³/mol. The van der Waals surface area contributed by atoms with Crippen molar-refractivity contribution >= 4 is 58.1 Å². The van der Waals surface area contributed by atoms with Crippen molar-refractivity contribution in [3.8, 4) is 6.07 Å². The number of amides is 1. The molecule has 0 aliphatic carbocycles. The fourth-order valence-corrected chi connectivity index (χ4v) is 3.42. The summed E-state index contributed by atoms with van der Waals surface area (Å²) in [7, 11) is 0. The molecule has 3 nitrogen and oxygen atoms in total. The Labute approximate surface area is 159 Å². The maximum atomic E-state index is 12.1. The molecule has 0 saturated carbocycles. The molecule has 0 aromatic heterocycles. The molecule has 0 radical (unpaired) electrons. The summed E-state index contributed by atoms with van der Waals surface area (Å²) in [5.74, 6) is -0.382. The van der Waals surface area contributed by atoms with Crippen LogP contribution in [0.1, 0.15) is 11.1 Å². The Hall–Kier alpha value is -2.32. The molecule has 25 heavy (non-hydrogen) atoms. The van der Waals surface area contributed by atoms with E-state index in [0.29, 0.717) is 25.6 Å². The minimum Gasteiger partial charge on any atom is -0.266 e. The smallest absolute Gasteiger partial charge is 0.266 e. The van der Waals surface area contributed by atoms with Gasteiger partial charge in [-0.2, -0.15) is 5.26 Å². The van der Waals surface area contributed by atoms with Gasteiger partial charge in [0, 0.05) is 10.0 Å². The molecule has 0 N–H and O–H groups in total. The van der Waals surface area contributed by atoms with Crippen LogP contribution in [0.3, 0.4) is 0 Å². The van der Waals surface area contributed by atoms with Crippen LogP contribution in [0.15, 0.2) is 64.0 Å². The van der Waals surface area contributed by atoms with E-state index < -0.39 is 0 Å². The molecule has 2 aromatic carbocycles. The first kappa shape index (κ1) is 17.5. The van der Waals surface area contributed by atoms with E-state index in [9.17, 15) is 10.1 Å². The summed E-state index contributed by atoms with van der Waals surface area (Å²) in [6.45, 7) is 0. The molecule has 2 aromatic rings. The summed E-state index contributed by atoms with van der Waals surface area (Å²) >= 11 is 13.2. The molecule has 1 aliphatic rings. The Morgan fingerprint density at radius 1 is 1.16 bits per heavy atom. The van der Waals surface area contributed by atoms with Crippen molar-refractivity contribution in [1.82, 2.24) is 0 Å². The summed E-state index contributed by atoms with van der Waals surface area (Å²) in [6.07, 6.45) is 3.34. The highest BCUT2D eigenvalue weighted by Crippen LogP contribution is 2.33. The van der Waals surface area contributed by atoms with Crippen LogP contribution in [-0.2, 0) is 4.79 Å². The molecule has 0 bridgehead atoms. The number of rotatable bonds is 3. The molecule has 1 aliphatic heterocycles. The van der Waals surface area contributed by atoms with Crippen LogP contribution < -0.4 is 0 Å². The Morgan fingerprint density at radius 3 is 2.68 bits per heavy atom. The van der Waals surface area contributed by atoms with Gasteiger partial charge < -0.3 is 0 Å². The third-order valence-corrected chi connectivity index (χ3v) is 4.92. The van der Waals surface area contributed by atoms with Crippen LogP contribution in [-0.4, -0.2) is 11.0 Å². The lowest BCUT2D eigenvalue weighted by Gasteiger charge is -2.00. The second kappa shape index (κ2) is 7.71. The first-order chi connectivity index (χ1) is 12.1. The highest BCUT2D eigenvalue weighted by Gasteiger charge is 2.24. The highest BCUT2D eigenvalue weighted by molar-refractivity contribution is 8.19. The fourth-order valence-electron chi connectivity index (χ4n) is 2.16. The number of aliphatic imine (C=N–C) groups is 1. The summed E-state index contributed by atoms with van der Waals surface area (Å²) in [5, 5.41) is 10.9. The van der Waals surface area contributed by atoms with Crippen LogP contribution in [0, 0.1) is 11.3 Å². The summed E-state index contributed by atoms with van der Waals surface area (Å²) in [5.41, 5.74) is 1.81. The number of carbonyl (C=O) groups is 1. The van der Waals surface area contributed by atoms with Gasteiger partial charge in [0.25, 0.3) is 5.91 Å². The van der Waals surface area contributed by atoms with Crippen LogP contribution in [0.5, 0.6) is 0 Å². The quantitative estimate of drug-likeness (QED) is 0.510. The van der Waals surface area contributed by atoms with Gasteiger partial charge in [-0.3, -0.25) is 4.79 Å². The van der Waals surface area contributed by atoms with Gasteiger partial charge in [0.1, 0.15) is 11.1 Å². The van der Waals surface area contributed by atoms with E-state index in [-0.39, 0.29) is 5.91 Å². The Balaban J connectivity index is 1.89. The normalized spacial score (nSPS) is 16.0.